The molecule has 0 spiro atoms. The lowest BCUT2D eigenvalue weighted by atomic mass is 9.90. The lowest BCUT2D eigenvalue weighted by molar-refractivity contribution is 0.0951. The van der Waals surface area contributed by atoms with Gasteiger partial charge in [0.25, 0.3) is 5.91 Å². The molecule has 1 aliphatic rings. The molecular formula is C28H28Cl2N6O. The summed E-state index contributed by atoms with van der Waals surface area (Å²) < 4.78 is 0. The van der Waals surface area contributed by atoms with E-state index in [0.717, 1.165) is 50.0 Å². The van der Waals surface area contributed by atoms with E-state index in [1.54, 1.807) is 6.33 Å². The molecule has 0 fully saturated rings. The van der Waals surface area contributed by atoms with Crippen LogP contribution < -0.4 is 5.32 Å². The Hall–Kier alpha value is -3.26. The van der Waals surface area contributed by atoms with Crippen molar-refractivity contribution in [2.45, 2.75) is 44.8 Å². The number of carbonyl (C=O) groups excluding carboxylic acids is 1. The van der Waals surface area contributed by atoms with Gasteiger partial charge in [-0.25, -0.2) is 4.98 Å². The number of pyridine rings is 2. The predicted molar refractivity (Wildman–Crippen MR) is 144 cm³/mol. The number of rotatable bonds is 9. The standard InChI is InChI=1S/C28H28Cl2N6O/c29-23-15-31-16-24(30)26(23)28(37)34-13-19-6-8-20(9-7-19)17-36(12-10-22-14-32-18-35-22)25-5-1-3-21-4-2-11-33-27(21)25/h2,4,6-9,11,14-16,18,25H,1,3,5,10,12-13,17H2,(H,32,35)(H,34,37). The summed E-state index contributed by atoms with van der Waals surface area (Å²) in [7, 11) is 0. The lowest BCUT2D eigenvalue weighted by Crippen LogP contribution is -2.33. The summed E-state index contributed by atoms with van der Waals surface area (Å²) in [5.41, 5.74) is 6.12. The highest BCUT2D eigenvalue weighted by Gasteiger charge is 2.27. The van der Waals surface area contributed by atoms with Gasteiger partial charge in [0.05, 0.1) is 33.7 Å². The molecule has 0 aliphatic heterocycles. The van der Waals surface area contributed by atoms with E-state index in [9.17, 15) is 4.79 Å². The molecule has 2 N–H and O–H groups in total. The molecule has 4 aromatic rings. The van der Waals surface area contributed by atoms with Gasteiger partial charge >= 0.3 is 0 Å². The summed E-state index contributed by atoms with van der Waals surface area (Å²) in [6, 6.07) is 12.9. The Balaban J connectivity index is 1.27. The number of nitrogens with one attached hydrogen (secondary N) is 2. The van der Waals surface area contributed by atoms with E-state index >= 15 is 0 Å². The zero-order valence-electron chi connectivity index (χ0n) is 20.3. The Morgan fingerprint density at radius 1 is 1.05 bits per heavy atom. The van der Waals surface area contributed by atoms with E-state index in [0.29, 0.717) is 6.54 Å². The number of fused-ring (bicyclic) bond motifs is 1. The topological polar surface area (TPSA) is 86.8 Å². The smallest absolute Gasteiger partial charge is 0.254 e. The number of nitrogens with zero attached hydrogens (tertiary/aromatic N) is 4. The van der Waals surface area contributed by atoms with Crippen molar-refractivity contribution >= 4 is 29.1 Å². The molecule has 7 nitrogen and oxygen atoms in total. The van der Waals surface area contributed by atoms with Crippen LogP contribution in [0.5, 0.6) is 0 Å². The van der Waals surface area contributed by atoms with Gasteiger partial charge in [0.2, 0.25) is 0 Å². The van der Waals surface area contributed by atoms with Gasteiger partial charge < -0.3 is 10.3 Å². The van der Waals surface area contributed by atoms with Gasteiger partial charge in [0.15, 0.2) is 0 Å². The highest BCUT2D eigenvalue weighted by Crippen LogP contribution is 2.34. The van der Waals surface area contributed by atoms with E-state index in [-0.39, 0.29) is 27.6 Å². The number of H-pyrrole nitrogens is 1. The van der Waals surface area contributed by atoms with Crippen molar-refractivity contribution in [3.05, 3.63) is 111 Å². The molecule has 9 heteroatoms. The van der Waals surface area contributed by atoms with Crippen molar-refractivity contribution in [3.8, 4) is 0 Å². The Morgan fingerprint density at radius 2 is 1.84 bits per heavy atom. The molecular weight excluding hydrogens is 507 g/mol. The number of aromatic amines is 1. The monoisotopic (exact) mass is 534 g/mol. The first-order valence-electron chi connectivity index (χ1n) is 12.4. The van der Waals surface area contributed by atoms with E-state index in [1.807, 2.05) is 30.6 Å². The second kappa shape index (κ2) is 11.9. The minimum atomic E-state index is -0.324. The Kier molecular flexibility index (Phi) is 8.14. The fourth-order valence-electron chi connectivity index (χ4n) is 4.87. The minimum absolute atomic E-state index is 0.231. The maximum Gasteiger partial charge on any atom is 0.254 e. The van der Waals surface area contributed by atoms with Crippen LogP contribution in [0.4, 0.5) is 0 Å². The molecule has 3 aromatic heterocycles. The molecule has 1 unspecified atom stereocenters. The molecule has 1 atom stereocenters. The van der Waals surface area contributed by atoms with Crippen LogP contribution in [0.25, 0.3) is 0 Å². The average Bonchev–Trinajstić information content (AvgIpc) is 3.44. The third-order valence-electron chi connectivity index (χ3n) is 6.77. The first-order chi connectivity index (χ1) is 18.1. The summed E-state index contributed by atoms with van der Waals surface area (Å²) >= 11 is 12.2. The first kappa shape index (κ1) is 25.4. The van der Waals surface area contributed by atoms with Gasteiger partial charge in [-0.15, -0.1) is 0 Å². The van der Waals surface area contributed by atoms with Gasteiger partial charge in [-0.1, -0.05) is 53.5 Å². The van der Waals surface area contributed by atoms with Gasteiger partial charge in [-0.3, -0.25) is 19.7 Å². The van der Waals surface area contributed by atoms with Crippen molar-refractivity contribution < 1.29 is 4.79 Å². The molecule has 1 aromatic carbocycles. The highest BCUT2D eigenvalue weighted by atomic mass is 35.5. The lowest BCUT2D eigenvalue weighted by Gasteiger charge is -2.35. The van der Waals surface area contributed by atoms with Crippen molar-refractivity contribution in [1.29, 1.82) is 0 Å². The fraction of sp³-hybridized carbons (Fsp3) is 0.286. The van der Waals surface area contributed by atoms with Gasteiger partial charge in [0.1, 0.15) is 0 Å². The van der Waals surface area contributed by atoms with Crippen molar-refractivity contribution in [1.82, 2.24) is 30.2 Å². The van der Waals surface area contributed by atoms with Gasteiger partial charge in [-0.05, 0) is 42.0 Å². The van der Waals surface area contributed by atoms with E-state index in [4.69, 9.17) is 28.2 Å². The molecule has 0 saturated heterocycles. The van der Waals surface area contributed by atoms with Crippen LogP contribution in [0.2, 0.25) is 10.0 Å². The third kappa shape index (κ3) is 6.18. The van der Waals surface area contributed by atoms with Gasteiger partial charge in [0, 0.05) is 56.5 Å². The summed E-state index contributed by atoms with van der Waals surface area (Å²) in [4.78, 5) is 31.2. The number of hydrogen-bond acceptors (Lipinski definition) is 5. The highest BCUT2D eigenvalue weighted by molar-refractivity contribution is 6.39. The second-order valence-electron chi connectivity index (χ2n) is 9.23. The minimum Gasteiger partial charge on any atom is -0.348 e. The number of halogens is 2. The van der Waals surface area contributed by atoms with Crippen LogP contribution in [0.15, 0.2) is 67.5 Å². The Bertz CT molecular complexity index is 1320. The van der Waals surface area contributed by atoms with Crippen LogP contribution in [0.1, 0.15) is 57.3 Å². The second-order valence-corrected chi connectivity index (χ2v) is 10.0. The number of hydrogen-bond donors (Lipinski definition) is 2. The molecule has 37 heavy (non-hydrogen) atoms. The summed E-state index contributed by atoms with van der Waals surface area (Å²) in [5.74, 6) is -0.324. The van der Waals surface area contributed by atoms with Crippen LogP contribution in [0, 0.1) is 0 Å². The zero-order valence-corrected chi connectivity index (χ0v) is 21.8. The number of aromatic nitrogens is 4. The van der Waals surface area contributed by atoms with Crippen molar-refractivity contribution in [2.75, 3.05) is 6.54 Å². The molecule has 190 valence electrons. The molecule has 3 heterocycles. The maximum atomic E-state index is 12.6. The number of amides is 1. The quantitative estimate of drug-likeness (QED) is 0.293. The Morgan fingerprint density at radius 3 is 2.59 bits per heavy atom. The van der Waals surface area contributed by atoms with E-state index in [2.05, 4.69) is 43.4 Å². The maximum absolute atomic E-state index is 12.6. The molecule has 0 saturated carbocycles. The molecule has 0 radical (unpaired) electrons. The van der Waals surface area contributed by atoms with Gasteiger partial charge in [-0.2, -0.15) is 0 Å². The largest absolute Gasteiger partial charge is 0.348 e. The summed E-state index contributed by atoms with van der Waals surface area (Å²) in [6.45, 7) is 2.08. The van der Waals surface area contributed by atoms with Crippen LogP contribution in [-0.2, 0) is 25.9 Å². The number of imidazole rings is 1. The molecule has 0 bridgehead atoms. The molecule has 5 rings (SSSR count). The fourth-order valence-corrected chi connectivity index (χ4v) is 5.40. The number of aryl methyl sites for hydroxylation is 1. The molecule has 1 aliphatic carbocycles. The summed E-state index contributed by atoms with van der Waals surface area (Å²) in [5, 5.41) is 3.35. The van der Waals surface area contributed by atoms with E-state index in [1.165, 1.54) is 29.2 Å². The number of carbonyl (C=O) groups is 1. The van der Waals surface area contributed by atoms with E-state index < -0.39 is 0 Å². The average molecular weight is 535 g/mol. The summed E-state index contributed by atoms with van der Waals surface area (Å²) in [6.07, 6.45) is 12.6. The van der Waals surface area contributed by atoms with Crippen LogP contribution in [0.3, 0.4) is 0 Å². The van der Waals surface area contributed by atoms with Crippen molar-refractivity contribution in [3.63, 3.8) is 0 Å². The van der Waals surface area contributed by atoms with Crippen LogP contribution in [-0.4, -0.2) is 37.3 Å². The Labute approximate surface area is 226 Å². The zero-order chi connectivity index (χ0) is 25.6. The first-order valence-corrected chi connectivity index (χ1v) is 13.1. The SMILES string of the molecule is O=C(NCc1ccc(CN(CCc2cnc[nH]2)C2CCCc3cccnc32)cc1)c1c(Cl)cncc1Cl. The third-order valence-corrected chi connectivity index (χ3v) is 7.34. The van der Waals surface area contributed by atoms with Crippen molar-refractivity contribution in [2.24, 2.45) is 0 Å². The molecule has 1 amide bonds. The van der Waals surface area contributed by atoms with Crippen LogP contribution >= 0.6 is 23.2 Å². The number of benzene rings is 1. The predicted octanol–water partition coefficient (Wildman–Crippen LogP) is 5.56. The normalized spacial score (nSPS) is 14.9.